The van der Waals surface area contributed by atoms with Crippen molar-refractivity contribution in [2.45, 2.75) is 40.2 Å². The summed E-state index contributed by atoms with van der Waals surface area (Å²) >= 11 is 0. The Morgan fingerprint density at radius 3 is 2.53 bits per heavy atom. The van der Waals surface area contributed by atoms with E-state index in [0.29, 0.717) is 25.0 Å². The molecule has 0 saturated heterocycles. The van der Waals surface area contributed by atoms with Crippen molar-refractivity contribution in [3.8, 4) is 5.75 Å². The summed E-state index contributed by atoms with van der Waals surface area (Å²) in [5, 5.41) is 3.11. The number of nitrogens with zero attached hydrogens (tertiary/aromatic N) is 2. The molecule has 0 aliphatic carbocycles. The molecule has 0 atom stereocenters. The Morgan fingerprint density at radius 1 is 1.29 bits per heavy atom. The van der Waals surface area contributed by atoms with Crippen LogP contribution in [0.3, 0.4) is 0 Å². The first-order chi connectivity index (χ1) is 8.04. The predicted molar refractivity (Wildman–Crippen MR) is 69.2 cm³/mol. The molecule has 1 heterocycles. The van der Waals surface area contributed by atoms with Gasteiger partial charge >= 0.3 is 0 Å². The average Bonchev–Trinajstić information content (AvgIpc) is 2.27. The molecule has 0 fully saturated rings. The molecular formula is C13H23N3O. The van der Waals surface area contributed by atoms with E-state index >= 15 is 0 Å². The first-order valence-corrected chi connectivity index (χ1v) is 6.17. The third-order valence-electron chi connectivity index (χ3n) is 2.28. The number of nitrogens with one attached hydrogen (secondary N) is 1. The fraction of sp³-hybridized carbons (Fsp3) is 0.692. The molecule has 1 aromatic heterocycles. The van der Waals surface area contributed by atoms with Gasteiger partial charge < -0.3 is 10.1 Å². The molecule has 96 valence electrons. The summed E-state index contributed by atoms with van der Waals surface area (Å²) in [4.78, 5) is 8.88. The summed E-state index contributed by atoms with van der Waals surface area (Å²) in [6.45, 7) is 9.83. The fourth-order valence-corrected chi connectivity index (χ4v) is 1.37. The molecule has 4 nitrogen and oxygen atoms in total. The minimum atomic E-state index is 0.338. The molecule has 0 aliphatic rings. The van der Waals surface area contributed by atoms with E-state index in [1.54, 1.807) is 6.20 Å². The van der Waals surface area contributed by atoms with Gasteiger partial charge in [0.2, 0.25) is 0 Å². The van der Waals surface area contributed by atoms with E-state index in [9.17, 15) is 0 Å². The monoisotopic (exact) mass is 237 g/mol. The third-order valence-corrected chi connectivity index (χ3v) is 2.28. The Kier molecular flexibility index (Phi) is 5.35. The Morgan fingerprint density at radius 2 is 2.00 bits per heavy atom. The van der Waals surface area contributed by atoms with Crippen molar-refractivity contribution < 1.29 is 4.74 Å². The standard InChI is InChI=1S/C13H23N3O/c1-9(2)8-17-12-7-15-13(10(3)4)16-11(12)6-14-5/h7,9-10,14H,6,8H2,1-5H3. The fourth-order valence-electron chi connectivity index (χ4n) is 1.37. The zero-order chi connectivity index (χ0) is 12.8. The van der Waals surface area contributed by atoms with E-state index < -0.39 is 0 Å². The van der Waals surface area contributed by atoms with Crippen LogP contribution in [0.4, 0.5) is 0 Å². The highest BCUT2D eigenvalue weighted by Gasteiger charge is 2.10. The van der Waals surface area contributed by atoms with Gasteiger partial charge in [0.15, 0.2) is 5.75 Å². The van der Waals surface area contributed by atoms with Crippen LogP contribution in [0.1, 0.15) is 45.1 Å². The van der Waals surface area contributed by atoms with E-state index in [0.717, 1.165) is 17.3 Å². The molecule has 0 aliphatic heterocycles. The lowest BCUT2D eigenvalue weighted by molar-refractivity contribution is 0.265. The molecule has 1 rings (SSSR count). The number of rotatable bonds is 6. The van der Waals surface area contributed by atoms with Gasteiger partial charge in [-0.2, -0.15) is 0 Å². The molecule has 1 aromatic rings. The predicted octanol–water partition coefficient (Wildman–Crippen LogP) is 2.35. The summed E-state index contributed by atoms with van der Waals surface area (Å²) in [5.74, 6) is 2.50. The third kappa shape index (κ3) is 4.30. The Hall–Kier alpha value is -1.16. The number of aromatic nitrogens is 2. The van der Waals surface area contributed by atoms with Gasteiger partial charge in [-0.15, -0.1) is 0 Å². The molecule has 4 heteroatoms. The van der Waals surface area contributed by atoms with Crippen molar-refractivity contribution in [3.05, 3.63) is 17.7 Å². The SMILES string of the molecule is CNCc1nc(C(C)C)ncc1OCC(C)C. The summed E-state index contributed by atoms with van der Waals surface area (Å²) in [6.07, 6.45) is 1.79. The largest absolute Gasteiger partial charge is 0.490 e. The van der Waals surface area contributed by atoms with Gasteiger partial charge in [0.05, 0.1) is 18.5 Å². The first-order valence-electron chi connectivity index (χ1n) is 6.17. The minimum absolute atomic E-state index is 0.338. The summed E-state index contributed by atoms with van der Waals surface area (Å²) in [5.41, 5.74) is 0.937. The van der Waals surface area contributed by atoms with E-state index in [4.69, 9.17) is 4.74 Å². The summed E-state index contributed by atoms with van der Waals surface area (Å²) in [6, 6.07) is 0. The highest BCUT2D eigenvalue weighted by atomic mass is 16.5. The second-order valence-electron chi connectivity index (χ2n) is 4.93. The van der Waals surface area contributed by atoms with Crippen LogP contribution in [0.15, 0.2) is 6.20 Å². The lowest BCUT2D eigenvalue weighted by Crippen LogP contribution is -2.14. The van der Waals surface area contributed by atoms with Crippen LogP contribution in [0, 0.1) is 5.92 Å². The van der Waals surface area contributed by atoms with Gasteiger partial charge in [0.1, 0.15) is 5.82 Å². The Balaban J connectivity index is 2.87. The molecule has 0 aromatic carbocycles. The molecule has 17 heavy (non-hydrogen) atoms. The zero-order valence-corrected chi connectivity index (χ0v) is 11.4. The van der Waals surface area contributed by atoms with Crippen LogP contribution in [-0.2, 0) is 6.54 Å². The molecule has 0 amide bonds. The minimum Gasteiger partial charge on any atom is -0.490 e. The average molecular weight is 237 g/mol. The smallest absolute Gasteiger partial charge is 0.160 e. The van der Waals surface area contributed by atoms with Gasteiger partial charge in [-0.05, 0) is 13.0 Å². The number of ether oxygens (including phenoxy) is 1. The van der Waals surface area contributed by atoms with E-state index in [-0.39, 0.29) is 0 Å². The molecule has 0 bridgehead atoms. The molecule has 0 saturated carbocycles. The lowest BCUT2D eigenvalue weighted by atomic mass is 10.2. The second kappa shape index (κ2) is 6.55. The molecule has 1 N–H and O–H groups in total. The Labute approximate surface area is 104 Å². The maximum Gasteiger partial charge on any atom is 0.160 e. The van der Waals surface area contributed by atoms with Gasteiger partial charge in [-0.3, -0.25) is 0 Å². The highest BCUT2D eigenvalue weighted by molar-refractivity contribution is 5.25. The highest BCUT2D eigenvalue weighted by Crippen LogP contribution is 2.19. The van der Waals surface area contributed by atoms with Crippen LogP contribution >= 0.6 is 0 Å². The second-order valence-corrected chi connectivity index (χ2v) is 4.93. The van der Waals surface area contributed by atoms with Crippen molar-refractivity contribution in [2.24, 2.45) is 5.92 Å². The molecular weight excluding hydrogens is 214 g/mol. The van der Waals surface area contributed by atoms with Crippen LogP contribution in [0.25, 0.3) is 0 Å². The number of hydrogen-bond acceptors (Lipinski definition) is 4. The Bertz CT molecular complexity index is 351. The van der Waals surface area contributed by atoms with Crippen LogP contribution in [0.5, 0.6) is 5.75 Å². The van der Waals surface area contributed by atoms with Crippen LogP contribution < -0.4 is 10.1 Å². The maximum atomic E-state index is 5.72. The zero-order valence-electron chi connectivity index (χ0n) is 11.4. The lowest BCUT2D eigenvalue weighted by Gasteiger charge is -2.13. The van der Waals surface area contributed by atoms with Crippen LogP contribution in [0.2, 0.25) is 0 Å². The van der Waals surface area contributed by atoms with Crippen LogP contribution in [-0.4, -0.2) is 23.6 Å². The van der Waals surface area contributed by atoms with Crippen molar-refractivity contribution in [3.63, 3.8) is 0 Å². The van der Waals surface area contributed by atoms with Crippen molar-refractivity contribution in [2.75, 3.05) is 13.7 Å². The van der Waals surface area contributed by atoms with E-state index in [2.05, 4.69) is 43.0 Å². The van der Waals surface area contributed by atoms with Crippen molar-refractivity contribution >= 4 is 0 Å². The first kappa shape index (κ1) is 13.9. The van der Waals surface area contributed by atoms with E-state index in [1.165, 1.54) is 0 Å². The molecule has 0 unspecified atom stereocenters. The van der Waals surface area contributed by atoms with Gasteiger partial charge in [0.25, 0.3) is 0 Å². The van der Waals surface area contributed by atoms with Gasteiger partial charge in [-0.25, -0.2) is 9.97 Å². The summed E-state index contributed by atoms with van der Waals surface area (Å²) < 4.78 is 5.72. The topological polar surface area (TPSA) is 47.0 Å². The quantitative estimate of drug-likeness (QED) is 0.825. The van der Waals surface area contributed by atoms with Gasteiger partial charge in [0, 0.05) is 12.5 Å². The van der Waals surface area contributed by atoms with Crippen molar-refractivity contribution in [1.29, 1.82) is 0 Å². The molecule has 0 spiro atoms. The van der Waals surface area contributed by atoms with Gasteiger partial charge in [-0.1, -0.05) is 27.7 Å². The van der Waals surface area contributed by atoms with Crippen molar-refractivity contribution in [1.82, 2.24) is 15.3 Å². The van der Waals surface area contributed by atoms with E-state index in [1.807, 2.05) is 7.05 Å². The number of hydrogen-bond donors (Lipinski definition) is 1. The molecule has 0 radical (unpaired) electrons. The normalized spacial score (nSPS) is 11.2. The maximum absolute atomic E-state index is 5.72. The summed E-state index contributed by atoms with van der Waals surface area (Å²) in [7, 11) is 1.91.